The molecule has 7 heteroatoms. The average Bonchev–Trinajstić information content (AvgIpc) is 2.92. The summed E-state index contributed by atoms with van der Waals surface area (Å²) in [5, 5.41) is 8.59. The quantitative estimate of drug-likeness (QED) is 0.881. The van der Waals surface area contributed by atoms with Crippen LogP contribution in [0.2, 0.25) is 0 Å². The molecular weight excluding hydrogens is 318 g/mol. The fourth-order valence-electron chi connectivity index (χ4n) is 1.88. The summed E-state index contributed by atoms with van der Waals surface area (Å²) in [6.45, 7) is 4.26. The Kier molecular flexibility index (Phi) is 5.68. The molecule has 0 bridgehead atoms. The Hall–Kier alpha value is -1.73. The van der Waals surface area contributed by atoms with Gasteiger partial charge < -0.3 is 10.6 Å². The van der Waals surface area contributed by atoms with Crippen LogP contribution in [0.4, 0.5) is 4.79 Å². The Morgan fingerprint density at radius 1 is 1.36 bits per heavy atom. The lowest BCUT2D eigenvalue weighted by atomic mass is 10.2. The first-order valence-electron chi connectivity index (χ1n) is 6.84. The maximum absolute atomic E-state index is 11.9. The zero-order valence-corrected chi connectivity index (χ0v) is 14.4. The van der Waals surface area contributed by atoms with Crippen molar-refractivity contribution in [3.05, 3.63) is 45.9 Å². The number of hydrogen-bond acceptors (Lipinski definition) is 4. The summed E-state index contributed by atoms with van der Waals surface area (Å²) in [6.07, 6.45) is 1.64. The minimum Gasteiger partial charge on any atom is -0.334 e. The van der Waals surface area contributed by atoms with Crippen LogP contribution < -0.4 is 10.6 Å². The number of nitrogens with zero attached hydrogens (tertiary/aromatic N) is 1. The molecule has 1 aromatic heterocycles. The van der Waals surface area contributed by atoms with Gasteiger partial charge in [0.25, 0.3) is 0 Å². The molecular formula is C15H19N3O2S2. The maximum atomic E-state index is 11.9. The zero-order chi connectivity index (χ0) is 16.1. The zero-order valence-electron chi connectivity index (χ0n) is 12.8. The van der Waals surface area contributed by atoms with Crippen LogP contribution in [0.3, 0.4) is 0 Å². The molecule has 1 heterocycles. The van der Waals surface area contributed by atoms with Crippen molar-refractivity contribution < 1.29 is 9.00 Å². The second-order valence-electron chi connectivity index (χ2n) is 4.94. The monoisotopic (exact) mass is 337 g/mol. The summed E-state index contributed by atoms with van der Waals surface area (Å²) in [6, 6.07) is 6.99. The molecule has 1 aromatic carbocycles. The van der Waals surface area contributed by atoms with Crippen molar-refractivity contribution in [2.75, 3.05) is 6.26 Å². The fraction of sp³-hybridized carbons (Fsp3) is 0.333. The molecule has 0 aliphatic carbocycles. The molecule has 2 rings (SSSR count). The SMILES string of the molecule is Cc1nc([C@H](C)NC(=O)NCc2ccc([S@](C)=O)cc2)cs1. The van der Waals surface area contributed by atoms with E-state index >= 15 is 0 Å². The van der Waals surface area contributed by atoms with Crippen LogP contribution in [-0.2, 0) is 17.3 Å². The molecule has 0 radical (unpaired) electrons. The Morgan fingerprint density at radius 3 is 2.59 bits per heavy atom. The molecule has 2 amide bonds. The molecule has 0 unspecified atom stereocenters. The summed E-state index contributed by atoms with van der Waals surface area (Å²) < 4.78 is 11.3. The predicted octanol–water partition coefficient (Wildman–Crippen LogP) is 2.75. The van der Waals surface area contributed by atoms with E-state index in [4.69, 9.17) is 0 Å². The summed E-state index contributed by atoms with van der Waals surface area (Å²) in [7, 11) is -0.983. The number of carbonyl (C=O) groups is 1. The van der Waals surface area contributed by atoms with Crippen molar-refractivity contribution in [1.29, 1.82) is 0 Å². The number of amides is 2. The van der Waals surface area contributed by atoms with Crippen LogP contribution in [0.1, 0.15) is 29.2 Å². The summed E-state index contributed by atoms with van der Waals surface area (Å²) in [5.74, 6) is 0. The van der Waals surface area contributed by atoms with Gasteiger partial charge in [-0.1, -0.05) is 12.1 Å². The van der Waals surface area contributed by atoms with E-state index in [1.807, 2.05) is 43.5 Å². The lowest BCUT2D eigenvalue weighted by Crippen LogP contribution is -2.36. The molecule has 0 aliphatic rings. The molecule has 2 atom stereocenters. The number of aryl methyl sites for hydroxylation is 1. The van der Waals surface area contributed by atoms with Crippen LogP contribution in [0.15, 0.2) is 34.5 Å². The third-order valence-electron chi connectivity index (χ3n) is 3.14. The lowest BCUT2D eigenvalue weighted by molar-refractivity contribution is 0.237. The second-order valence-corrected chi connectivity index (χ2v) is 7.38. The molecule has 0 spiro atoms. The highest BCUT2D eigenvalue weighted by atomic mass is 32.2. The minimum atomic E-state index is -0.983. The molecule has 22 heavy (non-hydrogen) atoms. The summed E-state index contributed by atoms with van der Waals surface area (Å²) >= 11 is 1.57. The number of urea groups is 1. The van der Waals surface area contributed by atoms with Gasteiger partial charge in [-0.15, -0.1) is 11.3 Å². The lowest BCUT2D eigenvalue weighted by Gasteiger charge is -2.13. The smallest absolute Gasteiger partial charge is 0.315 e. The van der Waals surface area contributed by atoms with Crippen molar-refractivity contribution in [3.63, 3.8) is 0 Å². The van der Waals surface area contributed by atoms with Gasteiger partial charge in [-0.25, -0.2) is 9.78 Å². The van der Waals surface area contributed by atoms with Crippen molar-refractivity contribution in [2.45, 2.75) is 31.3 Å². The standard InChI is InChI=1S/C15H19N3O2S2/c1-10(14-9-21-11(2)18-14)17-15(19)16-8-12-4-6-13(7-5-12)22(3)20/h4-7,9-10H,8H2,1-3H3,(H2,16,17,19)/t10-,22-/m0/s1. The molecule has 5 nitrogen and oxygen atoms in total. The third kappa shape index (κ3) is 4.64. The molecule has 0 fully saturated rings. The minimum absolute atomic E-state index is 0.130. The number of rotatable bonds is 5. The molecule has 0 saturated heterocycles. The van der Waals surface area contributed by atoms with Crippen molar-refractivity contribution >= 4 is 28.2 Å². The van der Waals surface area contributed by atoms with Crippen LogP contribution in [0, 0.1) is 6.92 Å². The van der Waals surface area contributed by atoms with Gasteiger partial charge >= 0.3 is 6.03 Å². The summed E-state index contributed by atoms with van der Waals surface area (Å²) in [4.78, 5) is 17.0. The van der Waals surface area contributed by atoms with Crippen LogP contribution in [-0.4, -0.2) is 21.5 Å². The molecule has 2 N–H and O–H groups in total. The largest absolute Gasteiger partial charge is 0.334 e. The van der Waals surface area contributed by atoms with E-state index in [1.54, 1.807) is 17.6 Å². The number of carbonyl (C=O) groups excluding carboxylic acids is 1. The summed E-state index contributed by atoms with van der Waals surface area (Å²) in [5.41, 5.74) is 1.83. The number of thiazole rings is 1. The normalized spacial score (nSPS) is 13.4. The number of aromatic nitrogens is 1. The van der Waals surface area contributed by atoms with Gasteiger partial charge in [0.2, 0.25) is 0 Å². The van der Waals surface area contributed by atoms with Crippen molar-refractivity contribution in [3.8, 4) is 0 Å². The van der Waals surface area contributed by atoms with E-state index in [-0.39, 0.29) is 12.1 Å². The van der Waals surface area contributed by atoms with Crippen molar-refractivity contribution in [2.24, 2.45) is 0 Å². The van der Waals surface area contributed by atoms with E-state index in [0.717, 1.165) is 21.2 Å². The van der Waals surface area contributed by atoms with Gasteiger partial charge in [-0.2, -0.15) is 0 Å². The van der Waals surface area contributed by atoms with Gasteiger partial charge in [0, 0.05) is 33.9 Å². The van der Waals surface area contributed by atoms with E-state index in [0.29, 0.717) is 6.54 Å². The van der Waals surface area contributed by atoms with Crippen LogP contribution in [0.25, 0.3) is 0 Å². The first kappa shape index (κ1) is 16.6. The Bertz CT molecular complexity index is 668. The second kappa shape index (κ2) is 7.51. The highest BCUT2D eigenvalue weighted by Crippen LogP contribution is 2.15. The highest BCUT2D eigenvalue weighted by Gasteiger charge is 2.11. The number of nitrogens with one attached hydrogen (secondary N) is 2. The topological polar surface area (TPSA) is 71.1 Å². The molecule has 2 aromatic rings. The van der Waals surface area contributed by atoms with Gasteiger partial charge in [0.1, 0.15) is 0 Å². The maximum Gasteiger partial charge on any atom is 0.315 e. The van der Waals surface area contributed by atoms with Gasteiger partial charge in [-0.3, -0.25) is 4.21 Å². The van der Waals surface area contributed by atoms with Gasteiger partial charge in [0.15, 0.2) is 0 Å². The van der Waals surface area contributed by atoms with E-state index in [2.05, 4.69) is 15.6 Å². The van der Waals surface area contributed by atoms with E-state index in [1.165, 1.54) is 0 Å². The highest BCUT2D eigenvalue weighted by molar-refractivity contribution is 7.84. The van der Waals surface area contributed by atoms with E-state index < -0.39 is 10.8 Å². The number of hydrogen-bond donors (Lipinski definition) is 2. The Labute approximate surface area is 136 Å². The Morgan fingerprint density at radius 2 is 2.05 bits per heavy atom. The average molecular weight is 337 g/mol. The molecule has 0 aliphatic heterocycles. The predicted molar refractivity (Wildman–Crippen MR) is 89.4 cm³/mol. The molecule has 0 saturated carbocycles. The van der Waals surface area contributed by atoms with Crippen LogP contribution in [0.5, 0.6) is 0 Å². The van der Waals surface area contributed by atoms with E-state index in [9.17, 15) is 9.00 Å². The van der Waals surface area contributed by atoms with Gasteiger partial charge in [0.05, 0.1) is 16.7 Å². The molecule has 118 valence electrons. The van der Waals surface area contributed by atoms with Crippen molar-refractivity contribution in [1.82, 2.24) is 15.6 Å². The van der Waals surface area contributed by atoms with Gasteiger partial charge in [-0.05, 0) is 31.5 Å². The first-order chi connectivity index (χ1) is 10.5. The first-order valence-corrected chi connectivity index (χ1v) is 9.28. The third-order valence-corrected chi connectivity index (χ3v) is 4.86. The Balaban J connectivity index is 1.83. The van der Waals surface area contributed by atoms with Crippen LogP contribution >= 0.6 is 11.3 Å². The fourth-order valence-corrected chi connectivity index (χ4v) is 3.11. The number of benzene rings is 1.